The summed E-state index contributed by atoms with van der Waals surface area (Å²) in [6.07, 6.45) is -0.801. The number of fused-ring (bicyclic) bond motifs is 1. The van der Waals surface area contributed by atoms with Crippen LogP contribution in [0.2, 0.25) is 0 Å². The number of hydrogen-bond acceptors (Lipinski definition) is 5. The number of hydrogen-bond donors (Lipinski definition) is 1. The van der Waals surface area contributed by atoms with Gasteiger partial charge in [-0.25, -0.2) is 9.37 Å². The van der Waals surface area contributed by atoms with Gasteiger partial charge in [0.25, 0.3) is 5.63 Å². The minimum Gasteiger partial charge on any atom is -0.489 e. The number of alkyl halides is 4. The Morgan fingerprint density at radius 3 is 2.90 bits per heavy atom. The highest BCUT2D eigenvalue weighted by molar-refractivity contribution is 7.98. The molecule has 2 aromatic heterocycles. The molecule has 0 amide bonds. The van der Waals surface area contributed by atoms with Gasteiger partial charge in [-0.05, 0) is 25.1 Å². The summed E-state index contributed by atoms with van der Waals surface area (Å²) in [5.41, 5.74) is -0.181. The lowest BCUT2D eigenvalue weighted by Gasteiger charge is -2.17. The molecular weight excluding hydrogens is 427 g/mol. The largest absolute Gasteiger partial charge is 0.489 e. The van der Waals surface area contributed by atoms with Crippen LogP contribution in [-0.2, 0) is 5.75 Å². The van der Waals surface area contributed by atoms with E-state index in [0.29, 0.717) is 28.5 Å². The van der Waals surface area contributed by atoms with Crippen LogP contribution in [0.5, 0.6) is 11.5 Å². The van der Waals surface area contributed by atoms with Gasteiger partial charge in [-0.2, -0.15) is 8.78 Å². The van der Waals surface area contributed by atoms with E-state index in [2.05, 4.69) is 26.3 Å². The van der Waals surface area contributed by atoms with E-state index in [-0.39, 0.29) is 5.75 Å². The Morgan fingerprint density at radius 2 is 2.17 bits per heavy atom. The number of imidazole rings is 1. The number of aromatic nitrogens is 3. The fraction of sp³-hybridized carbons (Fsp3) is 0.263. The van der Waals surface area contributed by atoms with Crippen molar-refractivity contribution in [1.82, 2.24) is 15.0 Å². The monoisotopic (exact) mass is 443 g/mol. The zero-order chi connectivity index (χ0) is 21.0. The van der Waals surface area contributed by atoms with Crippen LogP contribution in [0.15, 0.2) is 48.3 Å². The van der Waals surface area contributed by atoms with Crippen LogP contribution in [0.3, 0.4) is 0 Å². The van der Waals surface area contributed by atoms with Crippen LogP contribution in [0, 0.1) is 6.92 Å². The molecule has 3 rings (SSSR count). The molecular formula is C19H17ClF3N3O2S. The predicted molar refractivity (Wildman–Crippen MR) is 107 cm³/mol. The summed E-state index contributed by atoms with van der Waals surface area (Å²) in [6.45, 7) is 5.94. The molecule has 1 aromatic carbocycles. The van der Waals surface area contributed by atoms with Gasteiger partial charge in [-0.1, -0.05) is 36.0 Å². The number of nitrogens with one attached hydrogen (secondary N) is 1. The van der Waals surface area contributed by atoms with Crippen molar-refractivity contribution in [2.24, 2.45) is 0 Å². The van der Waals surface area contributed by atoms with Gasteiger partial charge in [-0.3, -0.25) is 4.98 Å². The first kappa shape index (κ1) is 21.3. The highest BCUT2D eigenvalue weighted by Crippen LogP contribution is 2.31. The predicted octanol–water partition coefficient (Wildman–Crippen LogP) is 5.63. The molecule has 154 valence electrons. The molecule has 0 aliphatic carbocycles. The van der Waals surface area contributed by atoms with Crippen molar-refractivity contribution < 1.29 is 22.6 Å². The van der Waals surface area contributed by atoms with Crippen molar-refractivity contribution in [3.63, 3.8) is 0 Å². The van der Waals surface area contributed by atoms with Crippen molar-refractivity contribution in [2.45, 2.75) is 29.6 Å². The van der Waals surface area contributed by atoms with E-state index in [0.717, 1.165) is 17.0 Å². The van der Waals surface area contributed by atoms with E-state index in [1.54, 1.807) is 18.3 Å². The van der Waals surface area contributed by atoms with Gasteiger partial charge in [0.05, 0.1) is 16.7 Å². The Balaban J connectivity index is 1.72. The number of H-pyrrole nitrogens is 1. The molecule has 5 nitrogen and oxygen atoms in total. The highest BCUT2D eigenvalue weighted by Gasteiger charge is 2.42. The number of ether oxygens (including phenoxy) is 2. The van der Waals surface area contributed by atoms with Crippen molar-refractivity contribution >= 4 is 34.4 Å². The fourth-order valence-corrected chi connectivity index (χ4v) is 3.40. The number of aromatic amines is 1. The number of pyridine rings is 1. The number of halogens is 4. The maximum atomic E-state index is 13.3. The van der Waals surface area contributed by atoms with E-state index < -0.39 is 11.7 Å². The van der Waals surface area contributed by atoms with Crippen LogP contribution in [-0.4, -0.2) is 33.3 Å². The molecule has 29 heavy (non-hydrogen) atoms. The summed E-state index contributed by atoms with van der Waals surface area (Å²) in [4.78, 5) is 11.8. The lowest BCUT2D eigenvalue weighted by atomic mass is 10.2. The second kappa shape index (κ2) is 8.96. The van der Waals surface area contributed by atoms with Crippen molar-refractivity contribution in [2.75, 3.05) is 6.61 Å². The third-order valence-corrected chi connectivity index (χ3v) is 5.04. The maximum Gasteiger partial charge on any atom is 0.444 e. The molecule has 0 fully saturated rings. The molecule has 2 heterocycles. The number of thioether (sulfide) groups is 1. The smallest absolute Gasteiger partial charge is 0.444 e. The molecule has 0 spiro atoms. The SMILES string of the molecule is C=CCOc1ccnc(CSc2nc3ccc(OC(F)(F)C(F)Cl)cc3[nH]2)c1C. The number of nitrogens with zero attached hydrogens (tertiary/aromatic N) is 2. The molecule has 10 heteroatoms. The minimum atomic E-state index is -4.13. The first-order valence-electron chi connectivity index (χ1n) is 8.46. The molecule has 3 aromatic rings. The average Bonchev–Trinajstić information content (AvgIpc) is 3.08. The van der Waals surface area contributed by atoms with Gasteiger partial charge < -0.3 is 14.5 Å². The van der Waals surface area contributed by atoms with E-state index in [4.69, 9.17) is 16.3 Å². The molecule has 0 saturated carbocycles. The van der Waals surface area contributed by atoms with Gasteiger partial charge in [0.2, 0.25) is 0 Å². The fourth-order valence-electron chi connectivity index (χ4n) is 2.45. The second-order valence-electron chi connectivity index (χ2n) is 5.95. The van der Waals surface area contributed by atoms with Crippen molar-refractivity contribution in [3.8, 4) is 11.5 Å². The van der Waals surface area contributed by atoms with Crippen LogP contribution in [0.25, 0.3) is 11.0 Å². The summed E-state index contributed by atoms with van der Waals surface area (Å²) < 4.78 is 49.3. The lowest BCUT2D eigenvalue weighted by molar-refractivity contribution is -0.198. The molecule has 1 atom stereocenters. The quantitative estimate of drug-likeness (QED) is 0.264. The van der Waals surface area contributed by atoms with Gasteiger partial charge in [0, 0.05) is 23.6 Å². The normalized spacial score (nSPS) is 12.7. The summed E-state index contributed by atoms with van der Waals surface area (Å²) in [5.74, 6) is 1.03. The number of benzene rings is 1. The van der Waals surface area contributed by atoms with Crippen molar-refractivity contribution in [3.05, 3.63) is 54.4 Å². The Hall–Kier alpha value is -2.39. The lowest BCUT2D eigenvalue weighted by Crippen LogP contribution is -2.32. The third-order valence-electron chi connectivity index (χ3n) is 3.90. The summed E-state index contributed by atoms with van der Waals surface area (Å²) in [5, 5.41) is 0.572. The van der Waals surface area contributed by atoms with E-state index in [9.17, 15) is 13.2 Å². The topological polar surface area (TPSA) is 60.0 Å². The summed E-state index contributed by atoms with van der Waals surface area (Å²) in [6, 6.07) is 5.87. The van der Waals surface area contributed by atoms with Gasteiger partial charge in [0.1, 0.15) is 18.1 Å². The first-order valence-corrected chi connectivity index (χ1v) is 9.88. The molecule has 0 aliphatic rings. The van der Waals surface area contributed by atoms with E-state index >= 15 is 0 Å². The van der Waals surface area contributed by atoms with Gasteiger partial charge >= 0.3 is 6.11 Å². The second-order valence-corrected chi connectivity index (χ2v) is 7.30. The summed E-state index contributed by atoms with van der Waals surface area (Å²) >= 11 is 6.20. The van der Waals surface area contributed by atoms with Crippen LogP contribution in [0.4, 0.5) is 13.2 Å². The Kier molecular flexibility index (Phi) is 6.59. The van der Waals surface area contributed by atoms with E-state index in [1.165, 1.54) is 30.0 Å². The zero-order valence-corrected chi connectivity index (χ0v) is 16.9. The Morgan fingerprint density at radius 1 is 1.38 bits per heavy atom. The molecule has 1 N–H and O–H groups in total. The summed E-state index contributed by atoms with van der Waals surface area (Å²) in [7, 11) is 0. The highest BCUT2D eigenvalue weighted by atomic mass is 35.5. The van der Waals surface area contributed by atoms with Crippen LogP contribution >= 0.6 is 23.4 Å². The number of rotatable bonds is 9. The van der Waals surface area contributed by atoms with Gasteiger partial charge in [-0.15, -0.1) is 0 Å². The van der Waals surface area contributed by atoms with E-state index in [1.807, 2.05) is 6.92 Å². The standard InChI is InChI=1S/C19H17ClF3N3O2S/c1-3-8-27-16-6-7-24-15(11(16)2)10-29-18-25-13-5-4-12(9-14(13)26-18)28-19(22,23)17(20)21/h3-7,9,17H,1,8,10H2,2H3,(H,25,26). The molecule has 1 unspecified atom stereocenters. The van der Waals surface area contributed by atoms with Gasteiger partial charge in [0.15, 0.2) is 5.16 Å². The minimum absolute atomic E-state index is 0.226. The average molecular weight is 444 g/mol. The molecule has 0 radical (unpaired) electrons. The zero-order valence-electron chi connectivity index (χ0n) is 15.3. The Labute approximate surface area is 174 Å². The van der Waals surface area contributed by atoms with Crippen LogP contribution < -0.4 is 9.47 Å². The molecule has 0 saturated heterocycles. The third kappa shape index (κ3) is 5.16. The Bertz CT molecular complexity index is 1010. The maximum absolute atomic E-state index is 13.3. The van der Waals surface area contributed by atoms with Crippen LogP contribution in [0.1, 0.15) is 11.3 Å². The van der Waals surface area contributed by atoms with Crippen molar-refractivity contribution in [1.29, 1.82) is 0 Å². The molecule has 0 bridgehead atoms. The first-order chi connectivity index (χ1) is 13.8. The molecule has 0 aliphatic heterocycles.